The molecule has 0 aliphatic carbocycles. The van der Waals surface area contributed by atoms with Gasteiger partial charge in [0.25, 0.3) is 0 Å². The molecular formula is C124H372Au3. The monoisotopic (exact) mass is 2450 g/mol. The normalized spacial score (nSPS) is 2.93. The Morgan fingerprint density at radius 3 is 0.0236 bits per heavy atom. The first-order valence-corrected chi connectivity index (χ1v) is 62.0. The van der Waals surface area contributed by atoms with E-state index in [1.807, 2.05) is 859 Å². The van der Waals surface area contributed by atoms with Gasteiger partial charge in [-0.3, -0.25) is 0 Å². The van der Waals surface area contributed by atoms with E-state index in [1.165, 1.54) is 0 Å². The van der Waals surface area contributed by atoms with Gasteiger partial charge in [0.1, 0.15) is 0 Å². The second-order valence-corrected chi connectivity index (χ2v) is 0. The fourth-order valence-electron chi connectivity index (χ4n) is 0. The van der Waals surface area contributed by atoms with Gasteiger partial charge in [0.05, 0.1) is 0 Å². The van der Waals surface area contributed by atoms with Crippen LogP contribution in [-0.4, -0.2) is 0 Å². The minimum absolute atomic E-state index is 0. The Balaban J connectivity index is -0.00000000488. The summed E-state index contributed by atoms with van der Waals surface area (Å²) in [5.41, 5.74) is 0. The van der Waals surface area contributed by atoms with Crippen LogP contribution in [0.1, 0.15) is 859 Å². The van der Waals surface area contributed by atoms with Gasteiger partial charge >= 0.3 is 0 Å². The maximum atomic E-state index is 2.00. The van der Waals surface area contributed by atoms with Crippen LogP contribution in [0.4, 0.5) is 0 Å². The van der Waals surface area contributed by atoms with Crippen molar-refractivity contribution in [3.63, 3.8) is 0 Å². The number of hydrogen-bond acceptors (Lipinski definition) is 0. The van der Waals surface area contributed by atoms with E-state index in [-0.39, 0.29) is 67.1 Å². The van der Waals surface area contributed by atoms with Crippen molar-refractivity contribution in [2.24, 2.45) is 0 Å². The molecule has 0 heterocycles. The van der Waals surface area contributed by atoms with Crippen molar-refractivity contribution in [1.29, 1.82) is 0 Å². The number of hydrogen-bond donors (Lipinski definition) is 0. The molecule has 0 spiro atoms. The zero-order chi connectivity index (χ0) is 124. The molecule has 0 atom stereocenters. The maximum absolute atomic E-state index is 2.00. The van der Waals surface area contributed by atoms with E-state index in [0.29, 0.717) is 0 Å². The molecule has 0 aromatic heterocycles. The minimum atomic E-state index is 0. The van der Waals surface area contributed by atoms with Gasteiger partial charge in [0.2, 0.25) is 0 Å². The summed E-state index contributed by atoms with van der Waals surface area (Å²) in [6.07, 6.45) is 0. The Bertz CT molecular complexity index is 20.5. The van der Waals surface area contributed by atoms with E-state index in [0.717, 1.165) is 0 Å². The van der Waals surface area contributed by atoms with Crippen molar-refractivity contribution >= 4 is 0 Å². The summed E-state index contributed by atoms with van der Waals surface area (Å²) in [5.74, 6) is 0. The second-order valence-electron chi connectivity index (χ2n) is 0. The molecular weight excluding hydrogens is 2080 g/mol. The van der Waals surface area contributed by atoms with Crippen molar-refractivity contribution in [3.05, 3.63) is 0 Å². The van der Waals surface area contributed by atoms with Crippen LogP contribution >= 0.6 is 0 Å². The van der Waals surface area contributed by atoms with Crippen molar-refractivity contribution in [3.8, 4) is 0 Å². The fourth-order valence-corrected chi connectivity index (χ4v) is 0. The Kier molecular flexibility index (Phi) is 1710000. The van der Waals surface area contributed by atoms with Crippen LogP contribution in [0.15, 0.2) is 0 Å². The smallest absolute Gasteiger partial charge is 0 e. The first-order chi connectivity index (χ1) is 62.0. The molecule has 0 aliphatic heterocycles. The summed E-state index contributed by atoms with van der Waals surface area (Å²) < 4.78 is 0. The molecule has 0 nitrogen and oxygen atoms in total. The van der Waals surface area contributed by atoms with Crippen molar-refractivity contribution in [2.45, 2.75) is 859 Å². The van der Waals surface area contributed by atoms with Gasteiger partial charge in [-0.15, -0.1) is 0 Å². The summed E-state index contributed by atoms with van der Waals surface area (Å²) in [7, 11) is 0. The summed E-state index contributed by atoms with van der Waals surface area (Å²) in [4.78, 5) is 0. The van der Waals surface area contributed by atoms with Gasteiger partial charge in [-0.05, 0) is 0 Å². The maximum Gasteiger partial charge on any atom is 0 e. The molecule has 0 aromatic carbocycles. The van der Waals surface area contributed by atoms with Crippen LogP contribution in [0, 0.1) is 0 Å². The third kappa shape index (κ3) is 414000. The summed E-state index contributed by atoms with van der Waals surface area (Å²) in [6, 6.07) is 0. The van der Waals surface area contributed by atoms with Crippen LogP contribution < -0.4 is 0 Å². The Labute approximate surface area is 918 Å². The molecule has 0 aromatic rings. The van der Waals surface area contributed by atoms with Crippen molar-refractivity contribution in [1.82, 2.24) is 0 Å². The summed E-state index contributed by atoms with van der Waals surface area (Å²) >= 11 is 0. The van der Waals surface area contributed by atoms with Crippen LogP contribution in [0.3, 0.4) is 0 Å². The Morgan fingerprint density at radius 2 is 0.0236 bits per heavy atom. The number of rotatable bonds is 0. The molecule has 0 amide bonds. The van der Waals surface area contributed by atoms with Gasteiger partial charge in [-0.1, -0.05) is 859 Å². The summed E-state index contributed by atoms with van der Waals surface area (Å²) in [5, 5.41) is 0. The third-order valence-electron chi connectivity index (χ3n) is 0. The van der Waals surface area contributed by atoms with Crippen LogP contribution in [0.25, 0.3) is 0 Å². The fraction of sp³-hybridized carbons (Fsp3) is 1.00. The Hall–Kier alpha value is 2.22. The van der Waals surface area contributed by atoms with Crippen LogP contribution in [0.5, 0.6) is 0 Å². The molecule has 127 heavy (non-hydrogen) atoms. The SMILES string of the molecule is CC.CC.CC.CC.CC.CC.CC.CC.CC.CC.CC.CC.CC.CC.CC.CC.CC.CC.CC.CC.CC.CC.CC.CC.CC.CC.CC.CC.CC.CC.CC.CC.CC.CC.CC.CC.CC.CC.CC.CC.CC.CC.CC.CC.CC.CC.CC.CC.CC.CC.CC.CC.CC.CC.CC.CC.CC.CC.CC.CC.CC.CC.[Au].[Au].[Au]. The molecule has 0 bridgehead atoms. The van der Waals surface area contributed by atoms with E-state index in [9.17, 15) is 0 Å². The standard InChI is InChI=1S/62C2H6.3Au/c62*1-2;;;/h62*1-2H3;;;. The minimum Gasteiger partial charge on any atom is -0.0683 e. The van der Waals surface area contributed by atoms with E-state index in [2.05, 4.69) is 0 Å². The average Bonchev–Trinajstić information content (AvgIpc) is 4.02. The predicted octanol–water partition coefficient (Wildman–Crippen LogP) is 63.6. The zero-order valence-electron chi connectivity index (χ0n) is 125. The van der Waals surface area contributed by atoms with E-state index < -0.39 is 0 Å². The molecule has 0 fully saturated rings. The van der Waals surface area contributed by atoms with Gasteiger partial charge in [0.15, 0.2) is 0 Å². The van der Waals surface area contributed by atoms with Crippen molar-refractivity contribution < 1.29 is 67.1 Å². The van der Waals surface area contributed by atoms with E-state index in [4.69, 9.17) is 0 Å². The molecule has 3 radical (unpaired) electrons. The Morgan fingerprint density at radius 1 is 0.0236 bits per heavy atom. The van der Waals surface area contributed by atoms with Gasteiger partial charge in [-0.25, -0.2) is 0 Å². The van der Waals surface area contributed by atoms with Crippen LogP contribution in [0.2, 0.25) is 0 Å². The molecule has 0 aliphatic rings. The zero-order valence-corrected chi connectivity index (χ0v) is 131. The van der Waals surface area contributed by atoms with Crippen molar-refractivity contribution in [2.75, 3.05) is 0 Å². The summed E-state index contributed by atoms with van der Waals surface area (Å²) in [6.45, 7) is 248. The molecule has 0 rings (SSSR count). The quantitative estimate of drug-likeness (QED) is 0.212. The third-order valence-corrected chi connectivity index (χ3v) is 0. The topological polar surface area (TPSA) is 0 Å². The average molecular weight is 2460 g/mol. The second kappa shape index (κ2) is 421000. The first-order valence-electron chi connectivity index (χ1n) is 62.0. The van der Waals surface area contributed by atoms with Crippen LogP contribution in [-0.2, 0) is 67.1 Å². The molecule has 3 heteroatoms. The van der Waals surface area contributed by atoms with E-state index >= 15 is 0 Å². The molecule has 0 N–H and O–H groups in total. The predicted molar refractivity (Wildman–Crippen MR) is 704 cm³/mol. The molecule has 901 valence electrons. The van der Waals surface area contributed by atoms with Gasteiger partial charge in [-0.2, -0.15) is 0 Å². The molecule has 0 saturated carbocycles. The van der Waals surface area contributed by atoms with Gasteiger partial charge < -0.3 is 0 Å². The van der Waals surface area contributed by atoms with E-state index in [1.54, 1.807) is 0 Å². The first kappa shape index (κ1) is 515. The largest absolute Gasteiger partial charge is 0.0683 e. The van der Waals surface area contributed by atoms with Gasteiger partial charge in [0, 0.05) is 67.1 Å². The molecule has 0 unspecified atom stereocenters. The molecule has 0 saturated heterocycles.